The number of hydrogen-bond donors (Lipinski definition) is 1. The first-order chi connectivity index (χ1) is 10.4. The van der Waals surface area contributed by atoms with Gasteiger partial charge in [-0.3, -0.25) is 0 Å². The Bertz CT molecular complexity index is 454. The van der Waals surface area contributed by atoms with Gasteiger partial charge in [0, 0.05) is 0 Å². The number of carboxylic acid groups (broad SMARTS) is 1. The van der Waals surface area contributed by atoms with Crippen LogP contribution in [-0.4, -0.2) is 52.8 Å². The number of aliphatic carboxylic acids is 1. The molecule has 0 aliphatic heterocycles. The van der Waals surface area contributed by atoms with Gasteiger partial charge in [-0.05, 0) is 0 Å². The van der Waals surface area contributed by atoms with Crippen molar-refractivity contribution in [3.63, 3.8) is 0 Å². The van der Waals surface area contributed by atoms with Crippen molar-refractivity contribution in [2.45, 2.75) is 41.7 Å². The van der Waals surface area contributed by atoms with Crippen LogP contribution in [0.15, 0.2) is 0 Å². The summed E-state index contributed by atoms with van der Waals surface area (Å²) in [7, 11) is 0. The van der Waals surface area contributed by atoms with Crippen molar-refractivity contribution in [1.29, 1.82) is 0 Å². The van der Waals surface area contributed by atoms with E-state index in [0.29, 0.717) is 0 Å². The maximum Gasteiger partial charge on any atom is 0.435 e. The topological polar surface area (TPSA) is 37.3 Å². The lowest BCUT2D eigenvalue weighted by atomic mass is 9.72. The Morgan fingerprint density at radius 2 is 0.640 bits per heavy atom. The van der Waals surface area contributed by atoms with Crippen molar-refractivity contribution in [3.05, 3.63) is 0 Å². The average molecular weight is 414 g/mol. The van der Waals surface area contributed by atoms with Crippen molar-refractivity contribution in [1.82, 2.24) is 0 Å². The van der Waals surface area contributed by atoms with Crippen LogP contribution in [0.4, 0.5) is 65.9 Å². The fraction of sp³-hybridized carbons (Fsp3) is 0.875. The lowest BCUT2D eigenvalue weighted by Gasteiger charge is -2.45. The van der Waals surface area contributed by atoms with Gasteiger partial charge in [0.15, 0.2) is 0 Å². The quantitative estimate of drug-likeness (QED) is 0.694. The minimum atomic E-state index is -8.43. The maximum absolute atomic E-state index is 13.8. The van der Waals surface area contributed by atoms with Gasteiger partial charge in [0.25, 0.3) is 0 Å². The first-order valence-electron chi connectivity index (χ1n) is 5.01. The van der Waals surface area contributed by atoms with Gasteiger partial charge in [-0.1, -0.05) is 0 Å². The van der Waals surface area contributed by atoms with Gasteiger partial charge >= 0.3 is 47.7 Å². The average Bonchev–Trinajstić information content (AvgIpc) is 2.29. The van der Waals surface area contributed by atoms with Crippen molar-refractivity contribution < 1.29 is 75.8 Å². The van der Waals surface area contributed by atoms with Gasteiger partial charge in [0.1, 0.15) is 0 Å². The highest BCUT2D eigenvalue weighted by molar-refractivity contribution is 5.82. The molecular formula is C8HF15O2. The Balaban J connectivity index is 7.49. The first-order valence-corrected chi connectivity index (χ1v) is 5.01. The molecule has 0 atom stereocenters. The molecule has 25 heavy (non-hydrogen) atoms. The zero-order chi connectivity index (χ0) is 21.1. The number of carbonyl (C=O) groups is 1. The molecule has 0 heterocycles. The van der Waals surface area contributed by atoms with E-state index in [1.165, 1.54) is 0 Å². The molecule has 0 aromatic carbocycles. The maximum atomic E-state index is 13.8. The molecule has 17 heteroatoms. The Morgan fingerprint density at radius 1 is 0.480 bits per heavy atom. The van der Waals surface area contributed by atoms with Gasteiger partial charge in [0.2, 0.25) is 0 Å². The molecule has 0 saturated heterocycles. The largest absolute Gasteiger partial charge is 0.479 e. The molecule has 1 N–H and O–H groups in total. The molecule has 2 nitrogen and oxygen atoms in total. The van der Waals surface area contributed by atoms with Crippen LogP contribution in [0.25, 0.3) is 0 Å². The van der Waals surface area contributed by atoms with Crippen LogP contribution >= 0.6 is 0 Å². The molecule has 0 saturated carbocycles. The van der Waals surface area contributed by atoms with E-state index in [1.807, 2.05) is 0 Å². The van der Waals surface area contributed by atoms with Crippen molar-refractivity contribution in [2.75, 3.05) is 0 Å². The Morgan fingerprint density at radius 3 is 0.720 bits per heavy atom. The predicted molar refractivity (Wildman–Crippen MR) is 43.4 cm³/mol. The Kier molecular flexibility index (Phi) is 5.11. The Labute approximate surface area is 125 Å². The molecule has 0 spiro atoms. The minimum absolute atomic E-state index is 4.98. The van der Waals surface area contributed by atoms with Gasteiger partial charge < -0.3 is 5.11 Å². The zero-order valence-corrected chi connectivity index (χ0v) is 10.5. The molecule has 0 aliphatic rings. The number of halogens is 15. The lowest BCUT2D eigenvalue weighted by Crippen LogP contribution is -2.82. The van der Waals surface area contributed by atoms with E-state index in [2.05, 4.69) is 0 Å². The molecule has 0 aromatic rings. The second-order valence-corrected chi connectivity index (χ2v) is 4.27. The third-order valence-electron chi connectivity index (χ3n) is 2.81. The normalized spacial score (nSPS) is 16.1. The van der Waals surface area contributed by atoms with Crippen LogP contribution in [-0.2, 0) is 4.79 Å². The SMILES string of the molecule is O=C(O)C(F)(C(F)(C(F)(F)F)C(F)(F)F)C(F)(C(F)(F)F)C(F)(F)F. The number of rotatable bonds is 3. The molecule has 0 unspecified atom stereocenters. The molecule has 0 fully saturated rings. The summed E-state index contributed by atoms with van der Waals surface area (Å²) in [6.07, 6.45) is -32.4. The number of alkyl halides is 15. The highest BCUT2D eigenvalue weighted by atomic mass is 19.4. The van der Waals surface area contributed by atoms with Crippen LogP contribution < -0.4 is 0 Å². The third-order valence-corrected chi connectivity index (χ3v) is 2.81. The van der Waals surface area contributed by atoms with Crippen molar-refractivity contribution in [2.24, 2.45) is 0 Å². The zero-order valence-electron chi connectivity index (χ0n) is 10.5. The molecule has 0 rings (SSSR count). The molecule has 0 radical (unpaired) electrons. The van der Waals surface area contributed by atoms with Gasteiger partial charge in [0.05, 0.1) is 0 Å². The Hall–Kier alpha value is -1.58. The fourth-order valence-corrected chi connectivity index (χ4v) is 1.63. The summed E-state index contributed by atoms with van der Waals surface area (Å²) in [5.41, 5.74) is -25.1. The van der Waals surface area contributed by atoms with Gasteiger partial charge in [-0.15, -0.1) is 0 Å². The van der Waals surface area contributed by atoms with Crippen LogP contribution in [0.3, 0.4) is 0 Å². The predicted octanol–water partition coefficient (Wildman–Crippen LogP) is 4.45. The van der Waals surface area contributed by atoms with Gasteiger partial charge in [-0.2, -0.15) is 52.7 Å². The summed E-state index contributed by atoms with van der Waals surface area (Å²) in [4.78, 5) is 10.2. The van der Waals surface area contributed by atoms with E-state index in [-0.39, 0.29) is 0 Å². The highest BCUT2D eigenvalue weighted by Crippen LogP contribution is 2.64. The minimum Gasteiger partial charge on any atom is -0.479 e. The highest BCUT2D eigenvalue weighted by Gasteiger charge is 2.99. The monoisotopic (exact) mass is 414 g/mol. The van der Waals surface area contributed by atoms with E-state index in [1.54, 1.807) is 0 Å². The number of hydrogen-bond acceptors (Lipinski definition) is 1. The lowest BCUT2D eigenvalue weighted by molar-refractivity contribution is -0.436. The summed E-state index contributed by atoms with van der Waals surface area (Å²) in [5, 5.41) is 7.90. The van der Waals surface area contributed by atoms with Crippen LogP contribution in [0.5, 0.6) is 0 Å². The van der Waals surface area contributed by atoms with Crippen LogP contribution in [0, 0.1) is 0 Å². The molecule has 0 aliphatic carbocycles. The van der Waals surface area contributed by atoms with Crippen LogP contribution in [0.2, 0.25) is 0 Å². The van der Waals surface area contributed by atoms with E-state index >= 15 is 0 Å². The second kappa shape index (κ2) is 5.46. The smallest absolute Gasteiger partial charge is 0.435 e. The standard InChI is InChI=1S/C8HF15O2/c9-2(1(24)25,3(10,5(12,13)14)6(15,16)17)4(11,7(18,19)20)8(21,22)23/h(H,24,25). The number of carboxylic acids is 1. The third kappa shape index (κ3) is 2.74. The van der Waals surface area contributed by atoms with Crippen LogP contribution in [0.1, 0.15) is 0 Å². The fourth-order valence-electron chi connectivity index (χ4n) is 1.63. The summed E-state index contributed by atoms with van der Waals surface area (Å²) in [6, 6.07) is 0. The summed E-state index contributed by atoms with van der Waals surface area (Å²) >= 11 is 0. The van der Waals surface area contributed by atoms with Gasteiger partial charge in [-0.25, -0.2) is 18.0 Å². The van der Waals surface area contributed by atoms with Crippen molar-refractivity contribution >= 4 is 5.97 Å². The van der Waals surface area contributed by atoms with Crippen molar-refractivity contribution in [3.8, 4) is 0 Å². The second-order valence-electron chi connectivity index (χ2n) is 4.27. The van der Waals surface area contributed by atoms with E-state index in [9.17, 15) is 70.7 Å². The van der Waals surface area contributed by atoms with E-state index in [0.717, 1.165) is 0 Å². The van der Waals surface area contributed by atoms with E-state index in [4.69, 9.17) is 5.11 Å². The summed E-state index contributed by atoms with van der Waals surface area (Å²) < 4.78 is 188. The first kappa shape index (κ1) is 23.4. The molecule has 0 bridgehead atoms. The van der Waals surface area contributed by atoms with E-state index < -0.39 is 47.7 Å². The summed E-state index contributed by atoms with van der Waals surface area (Å²) in [6.45, 7) is 0. The molecule has 0 aromatic heterocycles. The molecular weight excluding hydrogens is 413 g/mol. The molecule has 0 amide bonds. The molecule has 150 valence electrons. The summed E-state index contributed by atoms with van der Waals surface area (Å²) in [5.74, 6) is -4.98.